The van der Waals surface area contributed by atoms with E-state index in [1.54, 1.807) is 24.4 Å². The van der Waals surface area contributed by atoms with Crippen LogP contribution in [0.5, 0.6) is 0 Å². The van der Waals surface area contributed by atoms with Crippen molar-refractivity contribution in [3.05, 3.63) is 80.6 Å². The number of rotatable bonds is 3. The predicted octanol–water partition coefficient (Wildman–Crippen LogP) is 4.26. The van der Waals surface area contributed by atoms with E-state index in [9.17, 15) is 9.59 Å². The van der Waals surface area contributed by atoms with Gasteiger partial charge in [-0.3, -0.25) is 9.59 Å². The predicted molar refractivity (Wildman–Crippen MR) is 104 cm³/mol. The zero-order valence-corrected chi connectivity index (χ0v) is 15.4. The number of hydrogen-bond acceptors (Lipinski definition) is 2. The molecule has 4 rings (SSSR count). The highest BCUT2D eigenvalue weighted by Crippen LogP contribution is 2.31. The van der Waals surface area contributed by atoms with E-state index in [4.69, 9.17) is 11.6 Å². The van der Waals surface area contributed by atoms with Gasteiger partial charge >= 0.3 is 0 Å². The first-order valence-electron chi connectivity index (χ1n) is 8.69. The first-order valence-corrected chi connectivity index (χ1v) is 9.06. The maximum Gasteiger partial charge on any atom is 0.257 e. The fourth-order valence-electron chi connectivity index (χ4n) is 3.69. The van der Waals surface area contributed by atoms with Crippen molar-refractivity contribution in [3.63, 3.8) is 0 Å². The molecule has 1 aliphatic heterocycles. The van der Waals surface area contributed by atoms with Crippen LogP contribution in [-0.4, -0.2) is 10.5 Å². The molecular weight excluding hydrogens is 348 g/mol. The number of nitrogens with one attached hydrogen (secondary N) is 1. The molecule has 0 fully saturated rings. The van der Waals surface area contributed by atoms with Crippen molar-refractivity contribution >= 4 is 28.4 Å². The second-order valence-corrected chi connectivity index (χ2v) is 7.33. The lowest BCUT2D eigenvalue weighted by Crippen LogP contribution is -2.31. The summed E-state index contributed by atoms with van der Waals surface area (Å²) in [5.74, 6) is -0.354. The number of pyridine rings is 1. The average Bonchev–Trinajstić information content (AvgIpc) is 2.94. The largest absolute Gasteiger partial charge is 0.345 e. The molecule has 3 aromatic rings. The molecule has 26 heavy (non-hydrogen) atoms. The molecule has 2 aromatic carbocycles. The van der Waals surface area contributed by atoms with Crippen LogP contribution < -0.4 is 10.7 Å². The Balaban J connectivity index is 1.71. The van der Waals surface area contributed by atoms with Crippen molar-refractivity contribution in [1.82, 2.24) is 9.88 Å². The summed E-state index contributed by atoms with van der Waals surface area (Å²) < 4.78 is 2.05. The van der Waals surface area contributed by atoms with Gasteiger partial charge in [0.25, 0.3) is 5.91 Å². The van der Waals surface area contributed by atoms with E-state index in [-0.39, 0.29) is 29.0 Å². The molecule has 1 aliphatic rings. The van der Waals surface area contributed by atoms with E-state index in [0.717, 1.165) is 23.1 Å². The zero-order chi connectivity index (χ0) is 18.4. The van der Waals surface area contributed by atoms with Crippen molar-refractivity contribution in [2.75, 3.05) is 0 Å². The minimum atomic E-state index is -0.354. The molecule has 4 nitrogen and oxygen atoms in total. The van der Waals surface area contributed by atoms with Gasteiger partial charge in [0, 0.05) is 22.6 Å². The van der Waals surface area contributed by atoms with Crippen LogP contribution in [0.2, 0.25) is 5.02 Å². The molecule has 5 heteroatoms. The lowest BCUT2D eigenvalue weighted by atomic mass is 10.1. The van der Waals surface area contributed by atoms with Gasteiger partial charge in [-0.05, 0) is 49.6 Å². The van der Waals surface area contributed by atoms with Gasteiger partial charge in [-0.15, -0.1) is 0 Å². The average molecular weight is 367 g/mol. The summed E-state index contributed by atoms with van der Waals surface area (Å²) in [4.78, 5) is 25.7. The Kier molecular flexibility index (Phi) is 4.08. The third-order valence-electron chi connectivity index (χ3n) is 5.09. The van der Waals surface area contributed by atoms with Gasteiger partial charge in [0.05, 0.1) is 11.6 Å². The second-order valence-electron chi connectivity index (χ2n) is 6.89. The van der Waals surface area contributed by atoms with Gasteiger partial charge < -0.3 is 9.88 Å². The van der Waals surface area contributed by atoms with Gasteiger partial charge in [-0.1, -0.05) is 35.9 Å². The van der Waals surface area contributed by atoms with Crippen molar-refractivity contribution < 1.29 is 4.79 Å². The van der Waals surface area contributed by atoms with Crippen molar-refractivity contribution in [3.8, 4) is 0 Å². The highest BCUT2D eigenvalue weighted by atomic mass is 35.5. The summed E-state index contributed by atoms with van der Waals surface area (Å²) in [6, 6.07) is 13.1. The number of aromatic nitrogens is 1. The lowest BCUT2D eigenvalue weighted by molar-refractivity contribution is 0.0938. The standard InChI is InChI=1S/C21H19ClN2O2/c1-12-10-15-4-3-5-17-19(15)24(12)11-18(20(17)25)21(26)23-13(2)14-6-8-16(22)9-7-14/h3-9,11-13H,10H2,1-2H3,(H,23,26)/t12-,13-/m1/s1. The molecule has 1 N–H and O–H groups in total. The Labute approximate surface area is 156 Å². The van der Waals surface area contributed by atoms with Crippen molar-refractivity contribution in [2.24, 2.45) is 0 Å². The Morgan fingerprint density at radius 3 is 2.69 bits per heavy atom. The topological polar surface area (TPSA) is 51.1 Å². The molecule has 0 radical (unpaired) electrons. The highest BCUT2D eigenvalue weighted by Gasteiger charge is 2.24. The summed E-state index contributed by atoms with van der Waals surface area (Å²) in [6.45, 7) is 3.99. The van der Waals surface area contributed by atoms with Gasteiger partial charge in [0.2, 0.25) is 5.43 Å². The first-order chi connectivity index (χ1) is 12.5. The molecule has 2 atom stereocenters. The number of hydrogen-bond donors (Lipinski definition) is 1. The molecule has 1 aromatic heterocycles. The van der Waals surface area contributed by atoms with E-state index in [2.05, 4.69) is 12.2 Å². The van der Waals surface area contributed by atoms with Crippen molar-refractivity contribution in [2.45, 2.75) is 32.4 Å². The molecule has 2 heterocycles. The highest BCUT2D eigenvalue weighted by molar-refractivity contribution is 6.30. The Morgan fingerprint density at radius 2 is 1.96 bits per heavy atom. The fourth-order valence-corrected chi connectivity index (χ4v) is 3.81. The monoisotopic (exact) mass is 366 g/mol. The van der Waals surface area contributed by atoms with Gasteiger partial charge in [-0.25, -0.2) is 0 Å². The molecule has 0 unspecified atom stereocenters. The Morgan fingerprint density at radius 1 is 1.23 bits per heavy atom. The van der Waals surface area contributed by atoms with E-state index in [1.807, 2.05) is 35.8 Å². The molecule has 0 saturated heterocycles. The maximum absolute atomic E-state index is 12.9. The molecular formula is C21H19ClN2O2. The Bertz CT molecular complexity index is 1070. The maximum atomic E-state index is 12.9. The van der Waals surface area contributed by atoms with Crippen LogP contribution >= 0.6 is 11.6 Å². The quantitative estimate of drug-likeness (QED) is 0.752. The summed E-state index contributed by atoms with van der Waals surface area (Å²) in [5, 5.41) is 4.18. The normalized spacial score (nSPS) is 16.7. The van der Waals surface area contributed by atoms with Crippen LogP contribution in [0.25, 0.3) is 10.9 Å². The number of para-hydroxylation sites is 1. The van der Waals surface area contributed by atoms with Gasteiger partial charge in [0.1, 0.15) is 5.56 Å². The minimum absolute atomic E-state index is 0.184. The van der Waals surface area contributed by atoms with Crippen LogP contribution in [0.1, 0.15) is 47.4 Å². The Hall–Kier alpha value is -2.59. The number of benzene rings is 2. The van der Waals surface area contributed by atoms with Crippen LogP contribution in [0.3, 0.4) is 0 Å². The smallest absolute Gasteiger partial charge is 0.257 e. The summed E-state index contributed by atoms with van der Waals surface area (Å²) >= 11 is 5.91. The third-order valence-corrected chi connectivity index (χ3v) is 5.34. The van der Waals surface area contributed by atoms with E-state index < -0.39 is 0 Å². The van der Waals surface area contributed by atoms with Crippen LogP contribution in [0.4, 0.5) is 0 Å². The van der Waals surface area contributed by atoms with Crippen LogP contribution in [0.15, 0.2) is 53.5 Å². The molecule has 1 amide bonds. The first kappa shape index (κ1) is 16.9. The summed E-state index contributed by atoms with van der Waals surface area (Å²) in [6.07, 6.45) is 2.58. The third kappa shape index (κ3) is 2.71. The van der Waals surface area contributed by atoms with Crippen LogP contribution in [-0.2, 0) is 6.42 Å². The van der Waals surface area contributed by atoms with E-state index in [1.165, 1.54) is 0 Å². The number of halogens is 1. The SMILES string of the molecule is C[C@@H]1Cc2cccc3c(=O)c(C(=O)N[C@H](C)c4ccc(Cl)cc4)cn1c23. The number of carbonyl (C=O) groups excluding carboxylic acids is 1. The lowest BCUT2D eigenvalue weighted by Gasteiger charge is -2.16. The summed E-state index contributed by atoms with van der Waals surface area (Å²) in [5.41, 5.74) is 3.02. The molecule has 0 spiro atoms. The molecule has 0 aliphatic carbocycles. The number of carbonyl (C=O) groups is 1. The fraction of sp³-hybridized carbons (Fsp3) is 0.238. The summed E-state index contributed by atoms with van der Waals surface area (Å²) in [7, 11) is 0. The van der Waals surface area contributed by atoms with E-state index in [0.29, 0.717) is 10.4 Å². The zero-order valence-electron chi connectivity index (χ0n) is 14.6. The molecule has 132 valence electrons. The van der Waals surface area contributed by atoms with Gasteiger partial charge in [-0.2, -0.15) is 0 Å². The van der Waals surface area contributed by atoms with Crippen LogP contribution in [0, 0.1) is 0 Å². The number of nitrogens with zero attached hydrogens (tertiary/aromatic N) is 1. The molecule has 0 saturated carbocycles. The van der Waals surface area contributed by atoms with Gasteiger partial charge in [0.15, 0.2) is 0 Å². The van der Waals surface area contributed by atoms with E-state index >= 15 is 0 Å². The molecule has 0 bridgehead atoms. The van der Waals surface area contributed by atoms with Crippen molar-refractivity contribution in [1.29, 1.82) is 0 Å². The number of amides is 1. The minimum Gasteiger partial charge on any atom is -0.345 e. The second kappa shape index (κ2) is 6.29.